The molecular weight excluding hydrogens is 412 g/mol. The molecule has 0 fully saturated rings. The Morgan fingerprint density at radius 3 is 2.32 bits per heavy atom. The van der Waals surface area contributed by atoms with Crippen LogP contribution in [0.3, 0.4) is 0 Å². The molecule has 156 valence electrons. The number of hydrogen-bond acceptors (Lipinski definition) is 5. The number of nitrogens with zero attached hydrogens (tertiary/aromatic N) is 1. The standard InChI is InChI=1S/C24H20N2O4S/c1-15-5-7-17(8-6-15)21-22(31-14-20-4-3-13-30-20)24(29)26(23(21)28)19-11-9-18(10-12-19)25-16(2)27/h3-13H,14H2,1-2H3,(H,25,27). The Morgan fingerprint density at radius 1 is 1.00 bits per heavy atom. The molecule has 0 unspecified atom stereocenters. The van der Waals surface area contributed by atoms with Crippen LogP contribution in [0.25, 0.3) is 5.57 Å². The van der Waals surface area contributed by atoms with Gasteiger partial charge in [0.25, 0.3) is 11.8 Å². The number of furan rings is 1. The number of anilines is 2. The summed E-state index contributed by atoms with van der Waals surface area (Å²) in [5, 5.41) is 2.68. The molecule has 4 rings (SSSR count). The van der Waals surface area contributed by atoms with E-state index < -0.39 is 0 Å². The van der Waals surface area contributed by atoms with Crippen molar-refractivity contribution in [1.29, 1.82) is 0 Å². The molecular formula is C24H20N2O4S. The quantitative estimate of drug-likeness (QED) is 0.568. The number of rotatable bonds is 6. The van der Waals surface area contributed by atoms with Gasteiger partial charge in [0.15, 0.2) is 0 Å². The summed E-state index contributed by atoms with van der Waals surface area (Å²) >= 11 is 1.29. The van der Waals surface area contributed by atoms with Gasteiger partial charge < -0.3 is 9.73 Å². The lowest BCUT2D eigenvalue weighted by Crippen LogP contribution is -2.31. The molecule has 0 bridgehead atoms. The lowest BCUT2D eigenvalue weighted by atomic mass is 10.0. The van der Waals surface area contributed by atoms with Crippen molar-refractivity contribution >= 4 is 46.4 Å². The van der Waals surface area contributed by atoms with E-state index in [2.05, 4.69) is 5.32 Å². The average Bonchev–Trinajstić information content (AvgIpc) is 3.34. The number of nitrogens with one attached hydrogen (secondary N) is 1. The SMILES string of the molecule is CC(=O)Nc1ccc(N2C(=O)C(SCc3ccco3)=C(c3ccc(C)cc3)C2=O)cc1. The first-order chi connectivity index (χ1) is 14.9. The third-order valence-electron chi connectivity index (χ3n) is 4.77. The number of benzene rings is 2. The fourth-order valence-corrected chi connectivity index (χ4v) is 4.30. The van der Waals surface area contributed by atoms with E-state index in [1.807, 2.05) is 37.3 Å². The highest BCUT2D eigenvalue weighted by Gasteiger charge is 2.40. The zero-order valence-corrected chi connectivity index (χ0v) is 17.9. The molecule has 0 saturated carbocycles. The minimum atomic E-state index is -0.372. The van der Waals surface area contributed by atoms with E-state index in [0.29, 0.717) is 33.2 Å². The zero-order valence-electron chi connectivity index (χ0n) is 17.0. The number of aryl methyl sites for hydroxylation is 1. The Hall–Kier alpha value is -3.58. The summed E-state index contributed by atoms with van der Waals surface area (Å²) in [5.74, 6) is 0.221. The van der Waals surface area contributed by atoms with Crippen LogP contribution in [0.15, 0.2) is 76.2 Å². The maximum Gasteiger partial charge on any atom is 0.272 e. The molecule has 1 aromatic heterocycles. The van der Waals surface area contributed by atoms with Crippen LogP contribution in [0.2, 0.25) is 0 Å². The fraction of sp³-hybridized carbons (Fsp3) is 0.125. The van der Waals surface area contributed by atoms with Crippen molar-refractivity contribution in [3.05, 3.63) is 88.7 Å². The predicted molar refractivity (Wildman–Crippen MR) is 121 cm³/mol. The van der Waals surface area contributed by atoms with E-state index in [9.17, 15) is 14.4 Å². The van der Waals surface area contributed by atoms with Crippen LogP contribution >= 0.6 is 11.8 Å². The second kappa shape index (κ2) is 8.65. The Morgan fingerprint density at radius 2 is 1.71 bits per heavy atom. The molecule has 1 aliphatic rings. The monoisotopic (exact) mass is 432 g/mol. The lowest BCUT2D eigenvalue weighted by molar-refractivity contribution is -0.120. The number of carbonyl (C=O) groups is 3. The summed E-state index contributed by atoms with van der Waals surface area (Å²) in [6.45, 7) is 3.39. The van der Waals surface area contributed by atoms with Gasteiger partial charge in [0, 0.05) is 12.6 Å². The third-order valence-corrected chi connectivity index (χ3v) is 5.86. The van der Waals surface area contributed by atoms with Gasteiger partial charge >= 0.3 is 0 Å². The highest BCUT2D eigenvalue weighted by atomic mass is 32.2. The predicted octanol–water partition coefficient (Wildman–Crippen LogP) is 4.76. The summed E-state index contributed by atoms with van der Waals surface area (Å²) in [7, 11) is 0. The summed E-state index contributed by atoms with van der Waals surface area (Å²) in [5.41, 5.74) is 3.18. The maximum absolute atomic E-state index is 13.4. The van der Waals surface area contributed by atoms with Crippen LogP contribution in [-0.2, 0) is 20.1 Å². The molecule has 2 aromatic carbocycles. The molecule has 31 heavy (non-hydrogen) atoms. The molecule has 0 saturated heterocycles. The van der Waals surface area contributed by atoms with Crippen LogP contribution in [0.5, 0.6) is 0 Å². The molecule has 0 radical (unpaired) electrons. The van der Waals surface area contributed by atoms with Crippen molar-refractivity contribution in [3.8, 4) is 0 Å². The molecule has 2 heterocycles. The van der Waals surface area contributed by atoms with E-state index in [1.54, 1.807) is 36.6 Å². The molecule has 0 spiro atoms. The molecule has 0 aliphatic carbocycles. The van der Waals surface area contributed by atoms with E-state index in [1.165, 1.54) is 23.6 Å². The van der Waals surface area contributed by atoms with Crippen LogP contribution in [0, 0.1) is 6.92 Å². The highest BCUT2D eigenvalue weighted by molar-refractivity contribution is 8.03. The number of thioether (sulfide) groups is 1. The van der Waals surface area contributed by atoms with Crippen molar-refractivity contribution in [2.24, 2.45) is 0 Å². The van der Waals surface area contributed by atoms with Gasteiger partial charge in [-0.2, -0.15) is 0 Å². The molecule has 0 atom stereocenters. The normalized spacial score (nSPS) is 13.8. The third kappa shape index (κ3) is 4.32. The van der Waals surface area contributed by atoms with Crippen molar-refractivity contribution in [2.45, 2.75) is 19.6 Å². The summed E-state index contributed by atoms with van der Waals surface area (Å²) in [6, 6.07) is 17.8. The van der Waals surface area contributed by atoms with Gasteiger partial charge in [-0.3, -0.25) is 14.4 Å². The second-order valence-corrected chi connectivity index (χ2v) is 8.10. The number of amides is 3. The van der Waals surface area contributed by atoms with Gasteiger partial charge in [-0.05, 0) is 48.9 Å². The minimum Gasteiger partial charge on any atom is -0.468 e. The van der Waals surface area contributed by atoms with E-state index >= 15 is 0 Å². The fourth-order valence-electron chi connectivity index (χ4n) is 3.29. The first-order valence-electron chi connectivity index (χ1n) is 9.67. The van der Waals surface area contributed by atoms with Crippen molar-refractivity contribution < 1.29 is 18.8 Å². The number of hydrogen-bond donors (Lipinski definition) is 1. The molecule has 3 aromatic rings. The lowest BCUT2D eigenvalue weighted by Gasteiger charge is -2.16. The van der Waals surface area contributed by atoms with Crippen LogP contribution in [0.4, 0.5) is 11.4 Å². The summed E-state index contributed by atoms with van der Waals surface area (Å²) in [6.07, 6.45) is 1.58. The van der Waals surface area contributed by atoms with Crippen molar-refractivity contribution in [3.63, 3.8) is 0 Å². The summed E-state index contributed by atoms with van der Waals surface area (Å²) in [4.78, 5) is 39.5. The van der Waals surface area contributed by atoms with Crippen LogP contribution < -0.4 is 10.2 Å². The first kappa shape index (κ1) is 20.7. The first-order valence-corrected chi connectivity index (χ1v) is 10.7. The van der Waals surface area contributed by atoms with Gasteiger partial charge in [0.05, 0.1) is 28.2 Å². The molecule has 1 N–H and O–H groups in total. The van der Waals surface area contributed by atoms with E-state index in [0.717, 1.165) is 11.3 Å². The smallest absolute Gasteiger partial charge is 0.272 e. The van der Waals surface area contributed by atoms with Gasteiger partial charge in [-0.25, -0.2) is 4.90 Å². The Balaban J connectivity index is 1.69. The second-order valence-electron chi connectivity index (χ2n) is 7.11. The molecule has 3 amide bonds. The van der Waals surface area contributed by atoms with Crippen LogP contribution in [-0.4, -0.2) is 17.7 Å². The number of imide groups is 1. The Bertz CT molecular complexity index is 1160. The van der Waals surface area contributed by atoms with Crippen molar-refractivity contribution in [1.82, 2.24) is 0 Å². The van der Waals surface area contributed by atoms with Gasteiger partial charge in [0.1, 0.15) is 5.76 Å². The highest BCUT2D eigenvalue weighted by Crippen LogP contribution is 2.39. The largest absolute Gasteiger partial charge is 0.468 e. The molecule has 6 nitrogen and oxygen atoms in total. The van der Waals surface area contributed by atoms with Gasteiger partial charge in [0.2, 0.25) is 5.91 Å². The Labute approximate surface area is 183 Å². The zero-order chi connectivity index (χ0) is 22.0. The average molecular weight is 433 g/mol. The molecule has 1 aliphatic heterocycles. The van der Waals surface area contributed by atoms with E-state index in [-0.39, 0.29) is 17.7 Å². The van der Waals surface area contributed by atoms with Gasteiger partial charge in [-0.1, -0.05) is 29.8 Å². The van der Waals surface area contributed by atoms with Gasteiger partial charge in [-0.15, -0.1) is 11.8 Å². The molecule has 7 heteroatoms. The number of carbonyl (C=O) groups excluding carboxylic acids is 3. The topological polar surface area (TPSA) is 79.6 Å². The Kier molecular flexibility index (Phi) is 5.77. The minimum absolute atomic E-state index is 0.194. The maximum atomic E-state index is 13.4. The van der Waals surface area contributed by atoms with Crippen LogP contribution in [0.1, 0.15) is 23.8 Å². The van der Waals surface area contributed by atoms with Crippen molar-refractivity contribution in [2.75, 3.05) is 10.2 Å². The van der Waals surface area contributed by atoms with E-state index in [4.69, 9.17) is 4.42 Å². The summed E-state index contributed by atoms with van der Waals surface area (Å²) < 4.78 is 5.38.